The van der Waals surface area contributed by atoms with Crippen molar-refractivity contribution in [1.29, 1.82) is 0 Å². The second-order valence-electron chi connectivity index (χ2n) is 5.56. The van der Waals surface area contributed by atoms with Gasteiger partial charge in [0, 0.05) is 22.5 Å². The molecule has 0 aliphatic heterocycles. The molecule has 1 aromatic heterocycles. The minimum atomic E-state index is -0.426. The van der Waals surface area contributed by atoms with Crippen molar-refractivity contribution < 1.29 is 14.3 Å². The summed E-state index contributed by atoms with van der Waals surface area (Å²) in [6.07, 6.45) is 0. The van der Waals surface area contributed by atoms with Crippen LogP contribution < -0.4 is 15.4 Å². The number of methoxy groups -OCH3 is 1. The van der Waals surface area contributed by atoms with E-state index >= 15 is 0 Å². The number of halogens is 1. The van der Waals surface area contributed by atoms with Crippen LogP contribution in [0.15, 0.2) is 66.7 Å². The van der Waals surface area contributed by atoms with E-state index < -0.39 is 11.8 Å². The van der Waals surface area contributed by atoms with E-state index in [0.29, 0.717) is 22.1 Å². The summed E-state index contributed by atoms with van der Waals surface area (Å²) in [5.41, 5.74) is 1.40. The Kier molecular flexibility index (Phi) is 5.68. The molecule has 2 amide bonds. The van der Waals surface area contributed by atoms with Gasteiger partial charge in [0.05, 0.1) is 7.11 Å². The first-order chi connectivity index (χ1) is 13.0. The quantitative estimate of drug-likeness (QED) is 0.692. The SMILES string of the molecule is COc1cccc(NC(=O)c2cccc(C(=O)Nc3ccc(Cl)cc3)n2)c1. The number of pyridine rings is 1. The average Bonchev–Trinajstić information content (AvgIpc) is 2.70. The van der Waals surface area contributed by atoms with Gasteiger partial charge >= 0.3 is 0 Å². The Hall–Kier alpha value is -3.38. The average molecular weight is 382 g/mol. The first-order valence-electron chi connectivity index (χ1n) is 8.04. The molecule has 136 valence electrons. The lowest BCUT2D eigenvalue weighted by atomic mass is 10.2. The summed E-state index contributed by atoms with van der Waals surface area (Å²) in [6, 6.07) is 18.3. The second kappa shape index (κ2) is 8.33. The summed E-state index contributed by atoms with van der Waals surface area (Å²) in [5.74, 6) is -0.227. The zero-order valence-electron chi connectivity index (χ0n) is 14.4. The highest BCUT2D eigenvalue weighted by Gasteiger charge is 2.13. The van der Waals surface area contributed by atoms with E-state index in [1.54, 1.807) is 61.7 Å². The van der Waals surface area contributed by atoms with E-state index in [9.17, 15) is 9.59 Å². The minimum absolute atomic E-state index is 0.126. The summed E-state index contributed by atoms with van der Waals surface area (Å²) in [4.78, 5) is 28.9. The lowest BCUT2D eigenvalue weighted by Crippen LogP contribution is -2.18. The van der Waals surface area contributed by atoms with Crippen LogP contribution in [0, 0.1) is 0 Å². The van der Waals surface area contributed by atoms with E-state index in [1.165, 1.54) is 12.1 Å². The van der Waals surface area contributed by atoms with Gasteiger partial charge in [0.1, 0.15) is 17.1 Å². The van der Waals surface area contributed by atoms with Crippen molar-refractivity contribution in [2.45, 2.75) is 0 Å². The summed E-state index contributed by atoms with van der Waals surface area (Å²) in [5, 5.41) is 6.01. The third kappa shape index (κ3) is 4.83. The molecule has 2 aromatic carbocycles. The molecule has 1 heterocycles. The van der Waals surface area contributed by atoms with Crippen LogP contribution in [0.2, 0.25) is 5.02 Å². The first-order valence-corrected chi connectivity index (χ1v) is 8.42. The van der Waals surface area contributed by atoms with Crippen LogP contribution in [0.4, 0.5) is 11.4 Å². The Morgan fingerprint density at radius 1 is 0.852 bits per heavy atom. The van der Waals surface area contributed by atoms with Crippen molar-refractivity contribution in [2.75, 3.05) is 17.7 Å². The van der Waals surface area contributed by atoms with Crippen molar-refractivity contribution in [2.24, 2.45) is 0 Å². The van der Waals surface area contributed by atoms with Crippen molar-refractivity contribution in [1.82, 2.24) is 4.98 Å². The number of nitrogens with one attached hydrogen (secondary N) is 2. The van der Waals surface area contributed by atoms with Crippen molar-refractivity contribution >= 4 is 34.8 Å². The van der Waals surface area contributed by atoms with Gasteiger partial charge in [0.25, 0.3) is 11.8 Å². The van der Waals surface area contributed by atoms with Gasteiger partial charge in [0.15, 0.2) is 0 Å². The van der Waals surface area contributed by atoms with Gasteiger partial charge in [-0.1, -0.05) is 23.7 Å². The molecular weight excluding hydrogens is 366 g/mol. The number of benzene rings is 2. The highest BCUT2D eigenvalue weighted by Crippen LogP contribution is 2.18. The summed E-state index contributed by atoms with van der Waals surface area (Å²) in [6.45, 7) is 0. The Balaban J connectivity index is 1.73. The van der Waals surface area contributed by atoms with Gasteiger partial charge in [-0.05, 0) is 48.5 Å². The molecule has 7 heteroatoms. The van der Waals surface area contributed by atoms with Crippen LogP contribution >= 0.6 is 11.6 Å². The number of amides is 2. The van der Waals surface area contributed by atoms with Gasteiger partial charge < -0.3 is 15.4 Å². The van der Waals surface area contributed by atoms with Gasteiger partial charge in [-0.15, -0.1) is 0 Å². The molecule has 0 radical (unpaired) electrons. The van der Waals surface area contributed by atoms with E-state index in [-0.39, 0.29) is 11.4 Å². The molecule has 27 heavy (non-hydrogen) atoms. The highest BCUT2D eigenvalue weighted by molar-refractivity contribution is 6.30. The van der Waals surface area contributed by atoms with E-state index in [2.05, 4.69) is 15.6 Å². The van der Waals surface area contributed by atoms with Crippen molar-refractivity contribution in [3.05, 3.63) is 83.1 Å². The number of hydrogen-bond donors (Lipinski definition) is 2. The molecule has 6 nitrogen and oxygen atoms in total. The molecule has 0 bridgehead atoms. The number of carbonyl (C=O) groups excluding carboxylic acids is 2. The molecule has 0 unspecified atom stereocenters. The number of anilines is 2. The van der Waals surface area contributed by atoms with Crippen LogP contribution in [0.3, 0.4) is 0 Å². The number of rotatable bonds is 5. The largest absolute Gasteiger partial charge is 0.497 e. The lowest BCUT2D eigenvalue weighted by molar-refractivity contribution is 0.101. The predicted octanol–water partition coefficient (Wildman–Crippen LogP) is 4.25. The zero-order chi connectivity index (χ0) is 19.2. The van der Waals surface area contributed by atoms with Crippen LogP contribution in [-0.2, 0) is 0 Å². The summed E-state index contributed by atoms with van der Waals surface area (Å²) >= 11 is 5.83. The normalized spacial score (nSPS) is 10.1. The second-order valence-corrected chi connectivity index (χ2v) is 5.99. The number of carbonyl (C=O) groups is 2. The molecule has 0 aliphatic rings. The fourth-order valence-electron chi connectivity index (χ4n) is 2.31. The monoisotopic (exact) mass is 381 g/mol. The minimum Gasteiger partial charge on any atom is -0.497 e. The van der Waals surface area contributed by atoms with Gasteiger partial charge in [0.2, 0.25) is 0 Å². The molecule has 0 spiro atoms. The Labute approximate surface area is 161 Å². The van der Waals surface area contributed by atoms with E-state index in [4.69, 9.17) is 16.3 Å². The van der Waals surface area contributed by atoms with Gasteiger partial charge in [-0.25, -0.2) is 4.98 Å². The number of aromatic nitrogens is 1. The Morgan fingerprint density at radius 3 is 2.07 bits per heavy atom. The molecule has 0 atom stereocenters. The van der Waals surface area contributed by atoms with Crippen LogP contribution in [0.25, 0.3) is 0 Å². The van der Waals surface area contributed by atoms with Crippen LogP contribution in [-0.4, -0.2) is 23.9 Å². The maximum absolute atomic E-state index is 12.4. The summed E-state index contributed by atoms with van der Waals surface area (Å²) < 4.78 is 5.13. The van der Waals surface area contributed by atoms with Crippen LogP contribution in [0.5, 0.6) is 5.75 Å². The number of ether oxygens (including phenoxy) is 1. The Bertz CT molecular complexity index is 974. The number of nitrogens with zero attached hydrogens (tertiary/aromatic N) is 1. The number of hydrogen-bond acceptors (Lipinski definition) is 4. The molecule has 3 aromatic rings. The van der Waals surface area contributed by atoms with E-state index in [0.717, 1.165) is 0 Å². The molecular formula is C20H16ClN3O3. The third-order valence-electron chi connectivity index (χ3n) is 3.64. The van der Waals surface area contributed by atoms with Crippen molar-refractivity contribution in [3.8, 4) is 5.75 Å². The fourth-order valence-corrected chi connectivity index (χ4v) is 2.44. The zero-order valence-corrected chi connectivity index (χ0v) is 15.2. The highest BCUT2D eigenvalue weighted by atomic mass is 35.5. The smallest absolute Gasteiger partial charge is 0.274 e. The molecule has 0 saturated carbocycles. The topological polar surface area (TPSA) is 80.3 Å². The lowest BCUT2D eigenvalue weighted by Gasteiger charge is -2.08. The molecule has 0 fully saturated rings. The van der Waals surface area contributed by atoms with Crippen LogP contribution in [0.1, 0.15) is 21.0 Å². The fraction of sp³-hybridized carbons (Fsp3) is 0.0500. The first kappa shape index (κ1) is 18.4. The summed E-state index contributed by atoms with van der Waals surface area (Å²) in [7, 11) is 1.55. The molecule has 0 saturated heterocycles. The standard InChI is InChI=1S/C20H16ClN3O3/c1-27-16-5-2-4-15(12-16)23-20(26)18-7-3-6-17(24-18)19(25)22-14-10-8-13(21)9-11-14/h2-12H,1H3,(H,22,25)(H,23,26). The van der Waals surface area contributed by atoms with Gasteiger partial charge in [-0.3, -0.25) is 9.59 Å². The molecule has 3 rings (SSSR count). The Morgan fingerprint density at radius 2 is 1.44 bits per heavy atom. The maximum atomic E-state index is 12.4. The predicted molar refractivity (Wildman–Crippen MR) is 105 cm³/mol. The van der Waals surface area contributed by atoms with Gasteiger partial charge in [-0.2, -0.15) is 0 Å². The third-order valence-corrected chi connectivity index (χ3v) is 3.90. The molecule has 2 N–H and O–H groups in total. The van der Waals surface area contributed by atoms with Crippen molar-refractivity contribution in [3.63, 3.8) is 0 Å². The van der Waals surface area contributed by atoms with E-state index in [1.807, 2.05) is 0 Å². The maximum Gasteiger partial charge on any atom is 0.274 e. The molecule has 0 aliphatic carbocycles.